The quantitative estimate of drug-likeness (QED) is 0.544. The van der Waals surface area contributed by atoms with E-state index in [0.29, 0.717) is 13.2 Å². The fourth-order valence-corrected chi connectivity index (χ4v) is 2.91. The van der Waals surface area contributed by atoms with Crippen LogP contribution in [0.15, 0.2) is 12.2 Å². The number of esters is 1. The number of hydrogen-bond donors (Lipinski definition) is 0. The summed E-state index contributed by atoms with van der Waals surface area (Å²) in [6, 6.07) is 0. The fourth-order valence-electron chi connectivity index (χ4n) is 2.91. The molecule has 5 nitrogen and oxygen atoms in total. The van der Waals surface area contributed by atoms with Gasteiger partial charge in [-0.3, -0.25) is 0 Å². The molecule has 2 fully saturated rings. The van der Waals surface area contributed by atoms with Crippen molar-refractivity contribution in [2.75, 3.05) is 13.2 Å². The first-order valence-corrected chi connectivity index (χ1v) is 6.35. The Morgan fingerprint density at radius 1 is 1.44 bits per heavy atom. The molecule has 18 heavy (non-hydrogen) atoms. The van der Waals surface area contributed by atoms with Crippen LogP contribution in [0.3, 0.4) is 0 Å². The Balaban J connectivity index is 1.96. The predicted molar refractivity (Wildman–Crippen MR) is 61.8 cm³/mol. The van der Waals surface area contributed by atoms with E-state index in [2.05, 4.69) is 0 Å². The number of hydrogen-bond acceptors (Lipinski definition) is 5. The largest absolute Gasteiger partial charge is 0.464 e. The van der Waals surface area contributed by atoms with Crippen molar-refractivity contribution >= 4 is 5.97 Å². The van der Waals surface area contributed by atoms with E-state index in [1.807, 2.05) is 19.9 Å². The van der Waals surface area contributed by atoms with Gasteiger partial charge < -0.3 is 18.9 Å². The van der Waals surface area contributed by atoms with E-state index in [9.17, 15) is 4.79 Å². The lowest BCUT2D eigenvalue weighted by atomic mass is 9.77. The van der Waals surface area contributed by atoms with Crippen LogP contribution in [-0.4, -0.2) is 42.8 Å². The van der Waals surface area contributed by atoms with Crippen molar-refractivity contribution in [3.8, 4) is 0 Å². The molecular weight excluding hydrogens is 236 g/mol. The maximum atomic E-state index is 12.2. The SMILES string of the molecule is CCOC(=O)[C@@]12C=C[C@@H](CO1)[C@@H]1OC(C)(C)O[C@@H]12. The highest BCUT2D eigenvalue weighted by molar-refractivity contribution is 5.84. The third-order valence-corrected chi connectivity index (χ3v) is 3.67. The van der Waals surface area contributed by atoms with Gasteiger partial charge in [-0.05, 0) is 26.8 Å². The van der Waals surface area contributed by atoms with Gasteiger partial charge in [0, 0.05) is 5.92 Å². The second-order valence-corrected chi connectivity index (χ2v) is 5.37. The number of carbonyl (C=O) groups excluding carboxylic acids is 1. The molecule has 0 radical (unpaired) electrons. The molecule has 5 heteroatoms. The summed E-state index contributed by atoms with van der Waals surface area (Å²) in [5.74, 6) is -0.936. The first-order valence-electron chi connectivity index (χ1n) is 6.35. The molecule has 0 aromatic rings. The van der Waals surface area contributed by atoms with Gasteiger partial charge in [0.25, 0.3) is 0 Å². The monoisotopic (exact) mass is 254 g/mol. The van der Waals surface area contributed by atoms with Gasteiger partial charge in [-0.1, -0.05) is 6.08 Å². The molecule has 0 unspecified atom stereocenters. The van der Waals surface area contributed by atoms with Gasteiger partial charge in [0.15, 0.2) is 5.79 Å². The molecule has 2 saturated heterocycles. The van der Waals surface area contributed by atoms with Crippen molar-refractivity contribution in [3.05, 3.63) is 12.2 Å². The van der Waals surface area contributed by atoms with Gasteiger partial charge in [-0.25, -0.2) is 4.79 Å². The van der Waals surface area contributed by atoms with Crippen molar-refractivity contribution in [3.63, 3.8) is 0 Å². The predicted octanol–water partition coefficient (Wildman–Crippen LogP) is 1.02. The van der Waals surface area contributed by atoms with E-state index in [4.69, 9.17) is 18.9 Å². The van der Waals surface area contributed by atoms with E-state index in [-0.39, 0.29) is 12.0 Å². The van der Waals surface area contributed by atoms with Gasteiger partial charge in [0.2, 0.25) is 5.60 Å². The molecule has 4 rings (SSSR count). The summed E-state index contributed by atoms with van der Waals surface area (Å²) in [6.45, 7) is 6.27. The smallest absolute Gasteiger partial charge is 0.345 e. The lowest BCUT2D eigenvalue weighted by molar-refractivity contribution is -0.204. The van der Waals surface area contributed by atoms with Crippen molar-refractivity contribution in [2.45, 2.75) is 44.4 Å². The zero-order valence-corrected chi connectivity index (χ0v) is 10.8. The first-order chi connectivity index (χ1) is 8.48. The van der Waals surface area contributed by atoms with E-state index >= 15 is 0 Å². The highest BCUT2D eigenvalue weighted by Gasteiger charge is 2.64. The zero-order chi connectivity index (χ0) is 13.0. The van der Waals surface area contributed by atoms with E-state index in [0.717, 1.165) is 0 Å². The summed E-state index contributed by atoms with van der Waals surface area (Å²) < 4.78 is 22.6. The van der Waals surface area contributed by atoms with Crippen LogP contribution in [0.1, 0.15) is 20.8 Å². The highest BCUT2D eigenvalue weighted by atomic mass is 16.8. The van der Waals surface area contributed by atoms with Crippen LogP contribution < -0.4 is 0 Å². The summed E-state index contributed by atoms with van der Waals surface area (Å²) in [5, 5.41) is 0. The average Bonchev–Trinajstić information content (AvgIpc) is 2.67. The van der Waals surface area contributed by atoms with Crippen molar-refractivity contribution in [2.24, 2.45) is 5.92 Å². The highest BCUT2D eigenvalue weighted by Crippen LogP contribution is 2.47. The summed E-state index contributed by atoms with van der Waals surface area (Å²) in [7, 11) is 0. The lowest BCUT2D eigenvalue weighted by Crippen LogP contribution is -2.63. The molecule has 0 amide bonds. The Bertz CT molecular complexity index is 402. The van der Waals surface area contributed by atoms with Gasteiger partial charge in [0.1, 0.15) is 6.10 Å². The third-order valence-electron chi connectivity index (χ3n) is 3.67. The standard InChI is InChI=1S/C13H18O5/c1-4-15-11(14)13-6-5-8(7-16-13)9-10(13)18-12(2,3)17-9/h5-6,8-10H,4,7H2,1-3H3/t8-,9-,10-,13-/m0/s1. The minimum absolute atomic E-state index is 0.136. The van der Waals surface area contributed by atoms with Gasteiger partial charge in [-0.15, -0.1) is 0 Å². The van der Waals surface area contributed by atoms with Crippen molar-refractivity contribution in [1.29, 1.82) is 0 Å². The Labute approximate surface area is 106 Å². The molecule has 1 aliphatic carbocycles. The van der Waals surface area contributed by atoms with Crippen molar-refractivity contribution in [1.82, 2.24) is 0 Å². The van der Waals surface area contributed by atoms with Crippen LogP contribution in [0.4, 0.5) is 0 Å². The van der Waals surface area contributed by atoms with Crippen LogP contribution >= 0.6 is 0 Å². The molecule has 100 valence electrons. The maximum absolute atomic E-state index is 12.2. The molecule has 0 N–H and O–H groups in total. The Morgan fingerprint density at radius 2 is 2.22 bits per heavy atom. The van der Waals surface area contributed by atoms with Crippen LogP contribution in [0.5, 0.6) is 0 Å². The third kappa shape index (κ3) is 1.54. The number of carbonyl (C=O) groups is 1. The second kappa shape index (κ2) is 3.79. The Hall–Kier alpha value is -0.910. The minimum Gasteiger partial charge on any atom is -0.464 e. The molecule has 0 aromatic heterocycles. The maximum Gasteiger partial charge on any atom is 0.345 e. The minimum atomic E-state index is -1.14. The Morgan fingerprint density at radius 3 is 2.83 bits per heavy atom. The van der Waals surface area contributed by atoms with Crippen molar-refractivity contribution < 1.29 is 23.7 Å². The molecular formula is C13H18O5. The fraction of sp³-hybridized carbons (Fsp3) is 0.769. The van der Waals surface area contributed by atoms with Crippen LogP contribution in [0, 0.1) is 5.92 Å². The van der Waals surface area contributed by atoms with Gasteiger partial charge in [0.05, 0.1) is 19.3 Å². The van der Waals surface area contributed by atoms with E-state index < -0.39 is 23.5 Å². The van der Waals surface area contributed by atoms with Crippen LogP contribution in [-0.2, 0) is 23.7 Å². The Kier molecular flexibility index (Phi) is 2.56. The second-order valence-electron chi connectivity index (χ2n) is 5.37. The number of fused-ring (bicyclic) bond motifs is 1. The molecule has 4 aliphatic rings. The molecule has 2 bridgehead atoms. The molecule has 0 saturated carbocycles. The van der Waals surface area contributed by atoms with E-state index in [1.165, 1.54) is 0 Å². The molecule has 3 aliphatic heterocycles. The molecule has 0 spiro atoms. The van der Waals surface area contributed by atoms with Crippen LogP contribution in [0.2, 0.25) is 0 Å². The first kappa shape index (κ1) is 12.1. The summed E-state index contributed by atoms with van der Waals surface area (Å²) in [6.07, 6.45) is 3.19. The lowest BCUT2D eigenvalue weighted by Gasteiger charge is -2.45. The molecule has 4 atom stereocenters. The number of rotatable bonds is 2. The zero-order valence-electron chi connectivity index (χ0n) is 10.8. The normalized spacial score (nSPS) is 43.8. The van der Waals surface area contributed by atoms with Gasteiger partial charge >= 0.3 is 5.97 Å². The van der Waals surface area contributed by atoms with Gasteiger partial charge in [-0.2, -0.15) is 0 Å². The molecule has 0 aromatic carbocycles. The summed E-state index contributed by atoms with van der Waals surface area (Å²) in [4.78, 5) is 12.2. The topological polar surface area (TPSA) is 54.0 Å². The van der Waals surface area contributed by atoms with Crippen LogP contribution in [0.25, 0.3) is 0 Å². The average molecular weight is 254 g/mol. The summed E-state index contributed by atoms with van der Waals surface area (Å²) >= 11 is 0. The molecule has 3 heterocycles. The summed E-state index contributed by atoms with van der Waals surface area (Å²) in [5.41, 5.74) is -1.14. The number of ether oxygens (including phenoxy) is 4. The van der Waals surface area contributed by atoms with E-state index in [1.54, 1.807) is 13.0 Å².